The third kappa shape index (κ3) is 49.5. The fraction of sp³-hybridized carbons (Fsp3) is 0.875. The molecule has 0 fully saturated rings. The number of rotatable bonds is 51. The second-order valence-electron chi connectivity index (χ2n) is 19.9. The number of hydrogen-bond donors (Lipinski definition) is 0. The van der Waals surface area contributed by atoms with Crippen LogP contribution in [0.3, 0.4) is 0 Å². The molecule has 0 aromatic heterocycles. The molecule has 2 unspecified atom stereocenters. The first-order valence-electron chi connectivity index (χ1n) is 27.5. The molecule has 0 spiro atoms. The van der Waals surface area contributed by atoms with Crippen LogP contribution in [-0.2, 0) is 33.3 Å². The van der Waals surface area contributed by atoms with E-state index in [-0.39, 0.29) is 32.2 Å². The molecule has 0 saturated carbocycles. The molecule has 0 aromatic rings. The van der Waals surface area contributed by atoms with Crippen LogP contribution >= 0.6 is 0 Å². The first kappa shape index (κ1) is 62.8. The molecule has 382 valence electrons. The van der Waals surface area contributed by atoms with Gasteiger partial charge in [-0.2, -0.15) is 0 Å². The van der Waals surface area contributed by atoms with Crippen molar-refractivity contribution in [3.63, 3.8) is 0 Å². The Morgan fingerprint density at radius 2 is 0.846 bits per heavy atom. The highest BCUT2D eigenvalue weighted by molar-refractivity contribution is 5.70. The summed E-state index contributed by atoms with van der Waals surface area (Å²) in [6, 6.07) is 0. The van der Waals surface area contributed by atoms with Gasteiger partial charge in [0.2, 0.25) is 0 Å². The van der Waals surface area contributed by atoms with Gasteiger partial charge in [-0.25, -0.2) is 0 Å². The highest BCUT2D eigenvalue weighted by atomic mass is 16.7. The topological polar surface area (TPSA) is 111 Å². The number of ether oxygens (including phenoxy) is 4. The van der Waals surface area contributed by atoms with Gasteiger partial charge in [-0.1, -0.05) is 231 Å². The van der Waals surface area contributed by atoms with Gasteiger partial charge < -0.3 is 33.3 Å². The summed E-state index contributed by atoms with van der Waals surface area (Å²) < 4.78 is 22.6. The molecule has 2 atom stereocenters. The Hall–Kier alpha value is -2.23. The second-order valence-corrected chi connectivity index (χ2v) is 19.9. The van der Waals surface area contributed by atoms with Gasteiger partial charge in [0.15, 0.2) is 12.4 Å². The lowest BCUT2D eigenvalue weighted by molar-refractivity contribution is -0.870. The van der Waals surface area contributed by atoms with Crippen molar-refractivity contribution < 1.29 is 42.9 Å². The number of aliphatic carboxylic acids is 1. The summed E-state index contributed by atoms with van der Waals surface area (Å²) in [7, 11) is 5.92. The predicted octanol–water partition coefficient (Wildman–Crippen LogP) is 14.2. The van der Waals surface area contributed by atoms with Gasteiger partial charge in [0, 0.05) is 12.8 Å². The summed E-state index contributed by atoms with van der Waals surface area (Å²) >= 11 is 0. The molecule has 65 heavy (non-hydrogen) atoms. The molecular formula is C56H105NO8. The number of hydrogen-bond acceptors (Lipinski definition) is 8. The maximum absolute atomic E-state index is 12.8. The van der Waals surface area contributed by atoms with Crippen molar-refractivity contribution in [2.24, 2.45) is 0 Å². The van der Waals surface area contributed by atoms with Gasteiger partial charge in [-0.15, -0.1) is 0 Å². The SMILES string of the molecule is CCCC/C=C\C/C=C\CCCCCCCC(=O)OC(COC(=O)CCCCCCCCCCCCCCCCCCCCCCCCCCCC)COC(OCC[N+](C)(C)C)C(=O)[O-]. The van der Waals surface area contributed by atoms with Crippen LogP contribution in [-0.4, -0.2) is 82.3 Å². The molecule has 0 aromatic carbocycles. The van der Waals surface area contributed by atoms with E-state index in [9.17, 15) is 19.5 Å². The minimum absolute atomic E-state index is 0.147. The van der Waals surface area contributed by atoms with Crippen molar-refractivity contribution >= 4 is 17.9 Å². The van der Waals surface area contributed by atoms with E-state index in [2.05, 4.69) is 38.2 Å². The highest BCUT2D eigenvalue weighted by Gasteiger charge is 2.22. The van der Waals surface area contributed by atoms with Crippen molar-refractivity contribution in [2.75, 3.05) is 47.5 Å². The monoisotopic (exact) mass is 920 g/mol. The van der Waals surface area contributed by atoms with Crippen molar-refractivity contribution in [1.82, 2.24) is 0 Å². The van der Waals surface area contributed by atoms with Crippen LogP contribution in [0.2, 0.25) is 0 Å². The van der Waals surface area contributed by atoms with Crippen LogP contribution < -0.4 is 5.11 Å². The Morgan fingerprint density at radius 1 is 0.462 bits per heavy atom. The first-order chi connectivity index (χ1) is 31.6. The summed E-state index contributed by atoms with van der Waals surface area (Å²) in [5, 5.41) is 11.7. The van der Waals surface area contributed by atoms with Crippen LogP contribution in [0, 0.1) is 0 Å². The number of unbranched alkanes of at least 4 members (excludes halogenated alkanes) is 32. The smallest absolute Gasteiger partial charge is 0.306 e. The molecule has 9 heteroatoms. The molecular weight excluding hydrogens is 815 g/mol. The quantitative estimate of drug-likeness (QED) is 0.0195. The van der Waals surface area contributed by atoms with Crippen LogP contribution in [0.5, 0.6) is 0 Å². The average molecular weight is 920 g/mol. The van der Waals surface area contributed by atoms with E-state index in [1.807, 2.05) is 21.1 Å². The van der Waals surface area contributed by atoms with Crippen molar-refractivity contribution in [3.8, 4) is 0 Å². The number of nitrogens with zero attached hydrogens (tertiary/aromatic N) is 1. The van der Waals surface area contributed by atoms with Gasteiger partial charge in [-0.05, 0) is 38.5 Å². The molecule has 0 rings (SSSR count). The summed E-state index contributed by atoms with van der Waals surface area (Å²) in [6.07, 6.45) is 52.3. The number of allylic oxidation sites excluding steroid dienone is 4. The van der Waals surface area contributed by atoms with Gasteiger partial charge in [0.05, 0.1) is 40.3 Å². The number of carbonyl (C=O) groups is 3. The Morgan fingerprint density at radius 3 is 1.26 bits per heavy atom. The molecule has 0 heterocycles. The largest absolute Gasteiger partial charge is 0.545 e. The van der Waals surface area contributed by atoms with E-state index in [4.69, 9.17) is 18.9 Å². The third-order valence-electron chi connectivity index (χ3n) is 12.2. The van der Waals surface area contributed by atoms with E-state index in [1.165, 1.54) is 161 Å². The van der Waals surface area contributed by atoms with E-state index >= 15 is 0 Å². The number of esters is 2. The van der Waals surface area contributed by atoms with Crippen molar-refractivity contribution in [3.05, 3.63) is 24.3 Å². The van der Waals surface area contributed by atoms with E-state index in [0.29, 0.717) is 23.9 Å². The molecule has 0 saturated heterocycles. The maximum Gasteiger partial charge on any atom is 0.306 e. The Bertz CT molecular complexity index is 1120. The first-order valence-corrected chi connectivity index (χ1v) is 27.5. The summed E-state index contributed by atoms with van der Waals surface area (Å²) in [5.74, 6) is -2.29. The lowest BCUT2D eigenvalue weighted by Gasteiger charge is -2.26. The highest BCUT2D eigenvalue weighted by Crippen LogP contribution is 2.17. The maximum atomic E-state index is 12.8. The fourth-order valence-corrected chi connectivity index (χ4v) is 7.91. The number of carboxylic acids is 1. The molecule has 0 amide bonds. The average Bonchev–Trinajstić information content (AvgIpc) is 3.27. The lowest BCUT2D eigenvalue weighted by atomic mass is 10.0. The molecule has 9 nitrogen and oxygen atoms in total. The fourth-order valence-electron chi connectivity index (χ4n) is 7.91. The van der Waals surface area contributed by atoms with E-state index < -0.39 is 24.3 Å². The molecule has 0 aliphatic carbocycles. The molecule has 0 aliphatic rings. The zero-order valence-corrected chi connectivity index (χ0v) is 43.4. The van der Waals surface area contributed by atoms with Crippen LogP contribution in [0.1, 0.15) is 258 Å². The lowest BCUT2D eigenvalue weighted by Crippen LogP contribution is -2.44. The number of likely N-dealkylation sites (N-methyl/N-ethyl adjacent to an activating group) is 1. The van der Waals surface area contributed by atoms with Gasteiger partial charge in [0.25, 0.3) is 0 Å². The number of carboxylic acid groups (broad SMARTS) is 1. The van der Waals surface area contributed by atoms with Crippen molar-refractivity contribution in [2.45, 2.75) is 270 Å². The van der Waals surface area contributed by atoms with Crippen LogP contribution in [0.4, 0.5) is 0 Å². The molecule has 0 N–H and O–H groups in total. The Balaban J connectivity index is 4.16. The normalized spacial score (nSPS) is 12.9. The molecule has 0 bridgehead atoms. The standard InChI is InChI=1S/C56H105NO8/c1-6-8-10-12-14-16-18-20-22-23-24-25-26-27-28-29-30-31-32-33-35-36-38-40-42-44-46-53(58)63-50-52(51-64-56(55(60)61)62-49-48-57(3,4)5)65-54(59)47-45-43-41-39-37-34-21-19-17-15-13-11-9-7-2/h13,15,19,21,52,56H,6-12,14,16-18,20,22-51H2,1-5H3/b15-13-,21-19-. The second kappa shape index (κ2) is 48.2. The Kier molecular flexibility index (Phi) is 46.6. The third-order valence-corrected chi connectivity index (χ3v) is 12.2. The number of carbonyl (C=O) groups excluding carboxylic acids is 3. The van der Waals surface area contributed by atoms with E-state index in [1.54, 1.807) is 0 Å². The zero-order valence-electron chi connectivity index (χ0n) is 43.4. The Labute approximate surface area is 401 Å². The summed E-state index contributed by atoms with van der Waals surface area (Å²) in [6.45, 7) is 4.72. The van der Waals surface area contributed by atoms with E-state index in [0.717, 1.165) is 64.2 Å². The van der Waals surface area contributed by atoms with Gasteiger partial charge in [0.1, 0.15) is 13.2 Å². The van der Waals surface area contributed by atoms with Gasteiger partial charge in [-0.3, -0.25) is 9.59 Å². The molecule has 0 aliphatic heterocycles. The summed E-state index contributed by atoms with van der Waals surface area (Å²) in [4.78, 5) is 37.1. The minimum atomic E-state index is -1.62. The van der Waals surface area contributed by atoms with Crippen LogP contribution in [0.15, 0.2) is 24.3 Å². The zero-order chi connectivity index (χ0) is 47.7. The summed E-state index contributed by atoms with van der Waals surface area (Å²) in [5.41, 5.74) is 0. The molecule has 0 radical (unpaired) electrons. The number of quaternary nitrogens is 1. The van der Waals surface area contributed by atoms with Gasteiger partial charge >= 0.3 is 11.9 Å². The van der Waals surface area contributed by atoms with Crippen LogP contribution in [0.25, 0.3) is 0 Å². The minimum Gasteiger partial charge on any atom is -0.545 e. The predicted molar refractivity (Wildman–Crippen MR) is 270 cm³/mol. The van der Waals surface area contributed by atoms with Crippen molar-refractivity contribution in [1.29, 1.82) is 0 Å².